The highest BCUT2D eigenvalue weighted by Crippen LogP contribution is 2.43. The van der Waals surface area contributed by atoms with Crippen molar-refractivity contribution in [3.05, 3.63) is 36.5 Å². The van der Waals surface area contributed by atoms with Crippen LogP contribution in [0.4, 0.5) is 0 Å². The SMILES string of the molecule is CCCCC/C=C/C/C=C/CCCCCCCC(=O)O[C@H](COC(=O)CCCCC/C=C/CCCCCCCCCC)COP(=O)(O)OCCN. The highest BCUT2D eigenvalue weighted by Gasteiger charge is 2.25. The number of phosphoric ester groups is 1. The Hall–Kier alpha value is -1.77. The van der Waals surface area contributed by atoms with Crippen LogP contribution >= 0.6 is 7.82 Å². The fourth-order valence-electron chi connectivity index (χ4n) is 5.42. The molecule has 0 saturated carbocycles. The third kappa shape index (κ3) is 37.8. The minimum atomic E-state index is -4.38. The van der Waals surface area contributed by atoms with Gasteiger partial charge in [-0.3, -0.25) is 18.6 Å². The van der Waals surface area contributed by atoms with Crippen molar-refractivity contribution in [2.45, 2.75) is 187 Å². The minimum absolute atomic E-state index is 0.0487. The molecule has 1 unspecified atom stereocenters. The minimum Gasteiger partial charge on any atom is -0.462 e. The Labute approximate surface area is 312 Å². The third-order valence-electron chi connectivity index (χ3n) is 8.50. The van der Waals surface area contributed by atoms with E-state index in [4.69, 9.17) is 24.3 Å². The number of ether oxygens (including phenoxy) is 2. The number of unbranched alkanes of at least 4 members (excludes halogenated alkanes) is 19. The Morgan fingerprint density at radius 3 is 1.57 bits per heavy atom. The number of nitrogens with two attached hydrogens (primary N) is 1. The van der Waals surface area contributed by atoms with Crippen LogP contribution in [0.25, 0.3) is 0 Å². The summed E-state index contributed by atoms with van der Waals surface area (Å²) in [5, 5.41) is 0. The molecule has 0 aromatic rings. The number of carbonyl (C=O) groups is 2. The molecule has 9 nitrogen and oxygen atoms in total. The number of hydrogen-bond donors (Lipinski definition) is 2. The van der Waals surface area contributed by atoms with Gasteiger partial charge in [-0.15, -0.1) is 0 Å². The first-order chi connectivity index (χ1) is 24.8. The van der Waals surface area contributed by atoms with E-state index in [-0.39, 0.29) is 32.6 Å². The van der Waals surface area contributed by atoms with Gasteiger partial charge in [-0.05, 0) is 70.6 Å². The maximum Gasteiger partial charge on any atom is 0.472 e. The van der Waals surface area contributed by atoms with Gasteiger partial charge < -0.3 is 20.1 Å². The van der Waals surface area contributed by atoms with Crippen LogP contribution in [-0.4, -0.2) is 49.3 Å². The molecule has 0 aliphatic rings. The zero-order chi connectivity index (χ0) is 37.5. The fourth-order valence-corrected chi connectivity index (χ4v) is 6.19. The summed E-state index contributed by atoms with van der Waals surface area (Å²) < 4.78 is 32.7. The molecule has 0 fully saturated rings. The van der Waals surface area contributed by atoms with Crippen LogP contribution in [0.1, 0.15) is 181 Å². The Bertz CT molecular complexity index is 939. The van der Waals surface area contributed by atoms with E-state index in [1.807, 2.05) is 0 Å². The molecule has 0 rings (SSSR count). The van der Waals surface area contributed by atoms with E-state index in [9.17, 15) is 19.0 Å². The quantitative estimate of drug-likeness (QED) is 0.0274. The van der Waals surface area contributed by atoms with E-state index in [1.165, 1.54) is 77.0 Å². The molecule has 0 aromatic heterocycles. The predicted molar refractivity (Wildman–Crippen MR) is 210 cm³/mol. The molecule has 0 amide bonds. The van der Waals surface area contributed by atoms with E-state index in [1.54, 1.807) is 0 Å². The average molecular weight is 742 g/mol. The first kappa shape index (κ1) is 49.2. The number of hydrogen-bond acceptors (Lipinski definition) is 8. The molecule has 0 heterocycles. The lowest BCUT2D eigenvalue weighted by Crippen LogP contribution is -2.29. The van der Waals surface area contributed by atoms with Gasteiger partial charge in [0, 0.05) is 19.4 Å². The van der Waals surface area contributed by atoms with Gasteiger partial charge in [0.1, 0.15) is 6.61 Å². The van der Waals surface area contributed by atoms with Crippen LogP contribution in [-0.2, 0) is 32.7 Å². The average Bonchev–Trinajstić information content (AvgIpc) is 3.11. The number of allylic oxidation sites excluding steroid dienone is 6. The summed E-state index contributed by atoms with van der Waals surface area (Å²) in [5.74, 6) is -0.863. The number of rotatable bonds is 38. The van der Waals surface area contributed by atoms with Gasteiger partial charge in [-0.2, -0.15) is 0 Å². The summed E-state index contributed by atoms with van der Waals surface area (Å²) in [6.07, 6.45) is 40.3. The number of phosphoric acid groups is 1. The van der Waals surface area contributed by atoms with Crippen LogP contribution in [0.15, 0.2) is 36.5 Å². The molecular weight excluding hydrogens is 665 g/mol. The lowest BCUT2D eigenvalue weighted by molar-refractivity contribution is -0.161. The lowest BCUT2D eigenvalue weighted by Gasteiger charge is -2.19. The molecule has 2 atom stereocenters. The molecule has 298 valence electrons. The maximum atomic E-state index is 12.5. The van der Waals surface area contributed by atoms with Crippen molar-refractivity contribution < 1.29 is 37.6 Å². The molecule has 51 heavy (non-hydrogen) atoms. The summed E-state index contributed by atoms with van der Waals surface area (Å²) in [5.41, 5.74) is 5.34. The van der Waals surface area contributed by atoms with Gasteiger partial charge in [0.25, 0.3) is 0 Å². The third-order valence-corrected chi connectivity index (χ3v) is 9.48. The highest BCUT2D eigenvalue weighted by molar-refractivity contribution is 7.47. The Morgan fingerprint density at radius 2 is 1.02 bits per heavy atom. The number of esters is 2. The van der Waals surface area contributed by atoms with Crippen molar-refractivity contribution >= 4 is 19.8 Å². The summed E-state index contributed by atoms with van der Waals surface area (Å²) in [7, 11) is -4.38. The van der Waals surface area contributed by atoms with Crippen LogP contribution in [0.5, 0.6) is 0 Å². The monoisotopic (exact) mass is 742 g/mol. The molecule has 0 bridgehead atoms. The van der Waals surface area contributed by atoms with Crippen molar-refractivity contribution in [1.82, 2.24) is 0 Å². The lowest BCUT2D eigenvalue weighted by atomic mass is 10.1. The molecule has 0 aliphatic carbocycles. The van der Waals surface area contributed by atoms with E-state index >= 15 is 0 Å². The van der Waals surface area contributed by atoms with Crippen LogP contribution in [0, 0.1) is 0 Å². The van der Waals surface area contributed by atoms with Crippen molar-refractivity contribution in [2.75, 3.05) is 26.4 Å². The predicted octanol–water partition coefficient (Wildman–Crippen LogP) is 11.4. The zero-order valence-electron chi connectivity index (χ0n) is 32.6. The fraction of sp³-hybridized carbons (Fsp3) is 0.805. The van der Waals surface area contributed by atoms with Crippen molar-refractivity contribution in [2.24, 2.45) is 5.73 Å². The molecule has 0 aromatic carbocycles. The smallest absolute Gasteiger partial charge is 0.462 e. The van der Waals surface area contributed by atoms with Crippen molar-refractivity contribution in [3.63, 3.8) is 0 Å². The molecule has 3 N–H and O–H groups in total. The first-order valence-corrected chi connectivity index (χ1v) is 22.0. The largest absolute Gasteiger partial charge is 0.472 e. The Kier molecular flexibility index (Phi) is 36.7. The first-order valence-electron chi connectivity index (χ1n) is 20.5. The van der Waals surface area contributed by atoms with E-state index in [0.717, 1.165) is 64.2 Å². The van der Waals surface area contributed by atoms with E-state index < -0.39 is 32.5 Å². The molecular formula is C41H76NO8P. The van der Waals surface area contributed by atoms with Gasteiger partial charge in [0.2, 0.25) is 0 Å². The van der Waals surface area contributed by atoms with Crippen molar-refractivity contribution in [3.8, 4) is 0 Å². The van der Waals surface area contributed by atoms with Gasteiger partial charge in [-0.25, -0.2) is 4.57 Å². The summed E-state index contributed by atoms with van der Waals surface area (Å²) >= 11 is 0. The van der Waals surface area contributed by atoms with E-state index in [0.29, 0.717) is 12.8 Å². The van der Waals surface area contributed by atoms with Gasteiger partial charge in [0.05, 0.1) is 13.2 Å². The Balaban J connectivity index is 4.24. The molecule has 0 radical (unpaired) electrons. The second-order valence-corrected chi connectivity index (χ2v) is 14.9. The number of carbonyl (C=O) groups excluding carboxylic acids is 2. The van der Waals surface area contributed by atoms with Crippen LogP contribution in [0.3, 0.4) is 0 Å². The molecule has 0 aliphatic heterocycles. The van der Waals surface area contributed by atoms with Gasteiger partial charge in [0.15, 0.2) is 6.10 Å². The summed E-state index contributed by atoms with van der Waals surface area (Å²) in [4.78, 5) is 34.8. The molecule has 0 saturated heterocycles. The molecule has 0 spiro atoms. The topological polar surface area (TPSA) is 134 Å². The normalized spacial score (nSPS) is 13.7. The second kappa shape index (κ2) is 38.0. The summed E-state index contributed by atoms with van der Waals surface area (Å²) in [6.45, 7) is 3.66. The van der Waals surface area contributed by atoms with E-state index in [2.05, 4.69) is 50.3 Å². The summed E-state index contributed by atoms with van der Waals surface area (Å²) in [6, 6.07) is 0. The van der Waals surface area contributed by atoms with Crippen LogP contribution < -0.4 is 5.73 Å². The van der Waals surface area contributed by atoms with Crippen LogP contribution in [0.2, 0.25) is 0 Å². The maximum absolute atomic E-state index is 12.5. The standard InChI is InChI=1S/C41H76NO8P/c1-3-5-7-9-11-13-15-17-19-21-23-25-27-29-31-33-40(43)47-37-39(38-49-51(45,46)48-36-35-42)50-41(44)34-32-30-28-26-24-22-20-18-16-14-12-10-8-6-4-2/h12,14,18,20-21,23,39H,3-11,13,15-17,19,22,24-38,42H2,1-2H3,(H,45,46)/b14-12+,20-18+,23-21+/t39-/m1/s1. The van der Waals surface area contributed by atoms with Crippen molar-refractivity contribution in [1.29, 1.82) is 0 Å². The second-order valence-electron chi connectivity index (χ2n) is 13.5. The zero-order valence-corrected chi connectivity index (χ0v) is 33.5. The Morgan fingerprint density at radius 1 is 0.588 bits per heavy atom. The highest BCUT2D eigenvalue weighted by atomic mass is 31.2. The molecule has 10 heteroatoms. The van der Waals surface area contributed by atoms with Gasteiger partial charge >= 0.3 is 19.8 Å². The van der Waals surface area contributed by atoms with Gasteiger partial charge in [-0.1, -0.05) is 134 Å².